The number of aromatic nitrogens is 1. The zero-order chi connectivity index (χ0) is 14.0. The number of nitrogens with two attached hydrogens (primary N) is 1. The van der Waals surface area contributed by atoms with Crippen molar-refractivity contribution >= 4 is 33.1 Å². The van der Waals surface area contributed by atoms with Crippen LogP contribution in [0.15, 0.2) is 28.9 Å². The van der Waals surface area contributed by atoms with E-state index in [0.717, 1.165) is 6.07 Å². The minimum atomic E-state index is -0.772. The SMILES string of the molecule is N#Cc1cnc(Nc2cc(Br)c(F)cc2F)c(N)c1. The Labute approximate surface area is 116 Å². The standard InChI is InChI=1S/C12H7BrF2N4/c13-7-2-11(9(15)3-8(7)14)19-12-10(17)1-6(4-16)5-18-12/h1-3,5H,17H2,(H,18,19). The summed E-state index contributed by atoms with van der Waals surface area (Å²) >= 11 is 2.96. The first-order chi connectivity index (χ1) is 9.01. The Kier molecular flexibility index (Phi) is 3.62. The number of hydrogen-bond donors (Lipinski definition) is 2. The van der Waals surface area contributed by atoms with Gasteiger partial charge in [-0.3, -0.25) is 0 Å². The van der Waals surface area contributed by atoms with Crippen LogP contribution in [0.4, 0.5) is 26.0 Å². The predicted molar refractivity (Wildman–Crippen MR) is 70.7 cm³/mol. The second kappa shape index (κ2) is 5.20. The fraction of sp³-hybridized carbons (Fsp3) is 0. The number of nitrogens with zero attached hydrogens (tertiary/aromatic N) is 2. The van der Waals surface area contributed by atoms with Gasteiger partial charge in [-0.05, 0) is 28.1 Å². The lowest BCUT2D eigenvalue weighted by molar-refractivity contribution is 0.581. The highest BCUT2D eigenvalue weighted by atomic mass is 79.9. The average molecular weight is 325 g/mol. The summed E-state index contributed by atoms with van der Waals surface area (Å²) in [5.41, 5.74) is 6.19. The maximum absolute atomic E-state index is 13.5. The Balaban J connectivity index is 2.37. The van der Waals surface area contributed by atoms with Gasteiger partial charge in [-0.1, -0.05) is 0 Å². The Morgan fingerprint density at radius 3 is 2.63 bits per heavy atom. The van der Waals surface area contributed by atoms with Crippen LogP contribution in [-0.2, 0) is 0 Å². The van der Waals surface area contributed by atoms with E-state index in [9.17, 15) is 8.78 Å². The molecule has 0 aliphatic rings. The van der Waals surface area contributed by atoms with E-state index in [2.05, 4.69) is 26.2 Å². The fourth-order valence-corrected chi connectivity index (χ4v) is 1.74. The van der Waals surface area contributed by atoms with E-state index in [4.69, 9.17) is 11.0 Å². The molecule has 0 aliphatic heterocycles. The molecule has 0 radical (unpaired) electrons. The zero-order valence-electron chi connectivity index (χ0n) is 9.42. The van der Waals surface area contributed by atoms with Crippen molar-refractivity contribution in [3.63, 3.8) is 0 Å². The minimum Gasteiger partial charge on any atom is -0.396 e. The lowest BCUT2D eigenvalue weighted by atomic mass is 10.2. The summed E-state index contributed by atoms with van der Waals surface area (Å²) in [6.45, 7) is 0. The third kappa shape index (κ3) is 2.80. The smallest absolute Gasteiger partial charge is 0.153 e. The monoisotopic (exact) mass is 324 g/mol. The number of rotatable bonds is 2. The van der Waals surface area contributed by atoms with Crippen LogP contribution < -0.4 is 11.1 Å². The van der Waals surface area contributed by atoms with Gasteiger partial charge in [0.15, 0.2) is 5.82 Å². The number of benzene rings is 1. The predicted octanol–water partition coefficient (Wildman–Crippen LogP) is 3.32. The molecule has 19 heavy (non-hydrogen) atoms. The molecule has 2 aromatic rings. The third-order valence-corrected chi connectivity index (χ3v) is 2.92. The highest BCUT2D eigenvalue weighted by molar-refractivity contribution is 9.10. The second-order valence-electron chi connectivity index (χ2n) is 3.64. The molecule has 0 amide bonds. The normalized spacial score (nSPS) is 10.0. The number of pyridine rings is 1. The molecule has 0 saturated heterocycles. The van der Waals surface area contributed by atoms with Crippen LogP contribution in [-0.4, -0.2) is 4.98 Å². The van der Waals surface area contributed by atoms with E-state index in [1.807, 2.05) is 6.07 Å². The van der Waals surface area contributed by atoms with Crippen LogP contribution in [0.5, 0.6) is 0 Å². The summed E-state index contributed by atoms with van der Waals surface area (Å²) in [5, 5.41) is 11.3. The number of nitrogen functional groups attached to an aromatic ring is 1. The Hall–Kier alpha value is -2.20. The van der Waals surface area contributed by atoms with Crippen molar-refractivity contribution in [1.29, 1.82) is 5.26 Å². The Morgan fingerprint density at radius 2 is 2.00 bits per heavy atom. The van der Waals surface area contributed by atoms with Crippen LogP contribution in [0.2, 0.25) is 0 Å². The van der Waals surface area contributed by atoms with Gasteiger partial charge in [0.05, 0.1) is 21.4 Å². The first-order valence-corrected chi connectivity index (χ1v) is 5.87. The molecule has 2 rings (SSSR count). The van der Waals surface area contributed by atoms with Gasteiger partial charge in [-0.2, -0.15) is 5.26 Å². The number of anilines is 3. The van der Waals surface area contributed by atoms with Crippen molar-refractivity contribution in [3.05, 3.63) is 46.1 Å². The van der Waals surface area contributed by atoms with Crippen molar-refractivity contribution < 1.29 is 8.78 Å². The van der Waals surface area contributed by atoms with Crippen molar-refractivity contribution in [1.82, 2.24) is 4.98 Å². The molecule has 1 aromatic heterocycles. The zero-order valence-corrected chi connectivity index (χ0v) is 11.0. The molecule has 0 saturated carbocycles. The van der Waals surface area contributed by atoms with Crippen molar-refractivity contribution in [2.75, 3.05) is 11.1 Å². The lowest BCUT2D eigenvalue weighted by Gasteiger charge is -2.10. The van der Waals surface area contributed by atoms with Gasteiger partial charge in [0.1, 0.15) is 17.7 Å². The number of hydrogen-bond acceptors (Lipinski definition) is 4. The van der Waals surface area contributed by atoms with E-state index in [1.165, 1.54) is 18.3 Å². The molecule has 0 unspecified atom stereocenters. The summed E-state index contributed by atoms with van der Waals surface area (Å²) in [7, 11) is 0. The molecule has 0 fully saturated rings. The molecule has 0 bridgehead atoms. The molecule has 1 aromatic carbocycles. The second-order valence-corrected chi connectivity index (χ2v) is 4.50. The molecule has 0 spiro atoms. The van der Waals surface area contributed by atoms with Crippen LogP contribution in [0.1, 0.15) is 5.56 Å². The molecule has 96 valence electrons. The summed E-state index contributed by atoms with van der Waals surface area (Å²) in [6, 6.07) is 5.28. The molecular weight excluding hydrogens is 318 g/mol. The molecule has 0 atom stereocenters. The average Bonchev–Trinajstić information content (AvgIpc) is 2.38. The quantitative estimate of drug-likeness (QED) is 0.831. The maximum atomic E-state index is 13.5. The maximum Gasteiger partial charge on any atom is 0.153 e. The van der Waals surface area contributed by atoms with Crippen molar-refractivity contribution in [2.24, 2.45) is 0 Å². The molecule has 3 N–H and O–H groups in total. The van der Waals surface area contributed by atoms with Crippen molar-refractivity contribution in [3.8, 4) is 6.07 Å². The van der Waals surface area contributed by atoms with Gasteiger partial charge in [-0.25, -0.2) is 13.8 Å². The van der Waals surface area contributed by atoms with Gasteiger partial charge in [0, 0.05) is 12.3 Å². The summed E-state index contributed by atoms with van der Waals surface area (Å²) in [6.07, 6.45) is 1.30. The van der Waals surface area contributed by atoms with Crippen LogP contribution in [0, 0.1) is 23.0 Å². The molecule has 7 heteroatoms. The number of nitrogens with one attached hydrogen (secondary N) is 1. The first-order valence-electron chi connectivity index (χ1n) is 5.08. The van der Waals surface area contributed by atoms with Gasteiger partial charge in [0.2, 0.25) is 0 Å². The van der Waals surface area contributed by atoms with E-state index < -0.39 is 11.6 Å². The Bertz CT molecular complexity index is 682. The van der Waals surface area contributed by atoms with Crippen LogP contribution >= 0.6 is 15.9 Å². The number of halogens is 3. The molecule has 1 heterocycles. The van der Waals surface area contributed by atoms with Gasteiger partial charge in [0.25, 0.3) is 0 Å². The first kappa shape index (κ1) is 13.2. The lowest BCUT2D eigenvalue weighted by Crippen LogP contribution is -2.02. The van der Waals surface area contributed by atoms with Gasteiger partial charge >= 0.3 is 0 Å². The van der Waals surface area contributed by atoms with Gasteiger partial charge in [-0.15, -0.1) is 0 Å². The largest absolute Gasteiger partial charge is 0.396 e. The van der Waals surface area contributed by atoms with Crippen LogP contribution in [0.25, 0.3) is 0 Å². The topological polar surface area (TPSA) is 74.7 Å². The minimum absolute atomic E-state index is 0.0252. The van der Waals surface area contributed by atoms with E-state index >= 15 is 0 Å². The fourth-order valence-electron chi connectivity index (χ4n) is 1.39. The molecule has 4 nitrogen and oxygen atoms in total. The summed E-state index contributed by atoms with van der Waals surface area (Å²) < 4.78 is 26.7. The Morgan fingerprint density at radius 1 is 1.26 bits per heavy atom. The third-order valence-electron chi connectivity index (χ3n) is 2.31. The van der Waals surface area contributed by atoms with E-state index in [1.54, 1.807) is 0 Å². The highest BCUT2D eigenvalue weighted by Crippen LogP contribution is 2.27. The summed E-state index contributed by atoms with van der Waals surface area (Å²) in [4.78, 5) is 3.90. The molecule has 0 aliphatic carbocycles. The number of nitriles is 1. The summed E-state index contributed by atoms with van der Waals surface area (Å²) in [5.74, 6) is -1.29. The van der Waals surface area contributed by atoms with E-state index in [-0.39, 0.29) is 21.7 Å². The van der Waals surface area contributed by atoms with Gasteiger partial charge < -0.3 is 11.1 Å². The van der Waals surface area contributed by atoms with Crippen LogP contribution in [0.3, 0.4) is 0 Å². The van der Waals surface area contributed by atoms with E-state index in [0.29, 0.717) is 5.56 Å². The molecular formula is C12H7BrF2N4. The highest BCUT2D eigenvalue weighted by Gasteiger charge is 2.10. The van der Waals surface area contributed by atoms with Crippen molar-refractivity contribution in [2.45, 2.75) is 0 Å².